The Kier molecular flexibility index (Phi) is 3.19. The van der Waals surface area contributed by atoms with Gasteiger partial charge >= 0.3 is 12.0 Å². The number of carbonyl (C=O) groups excluding carboxylic acids is 1. The monoisotopic (exact) mass is 268 g/mol. The molecule has 18 heavy (non-hydrogen) atoms. The molecule has 2 rings (SSSR count). The lowest BCUT2D eigenvalue weighted by molar-refractivity contribution is 0.0692. The van der Waals surface area contributed by atoms with Crippen LogP contribution in [-0.4, -0.2) is 36.9 Å². The number of aromatic carboxylic acids is 1. The van der Waals surface area contributed by atoms with E-state index in [4.69, 9.17) is 5.11 Å². The maximum Gasteiger partial charge on any atom is 0.354 e. The lowest BCUT2D eigenvalue weighted by Crippen LogP contribution is -2.20. The molecular formula is C8H8N6O3S. The van der Waals surface area contributed by atoms with E-state index >= 15 is 0 Å². The summed E-state index contributed by atoms with van der Waals surface area (Å²) in [6, 6.07) is 0.900. The van der Waals surface area contributed by atoms with Gasteiger partial charge in [0, 0.05) is 17.2 Å². The van der Waals surface area contributed by atoms with E-state index < -0.39 is 12.0 Å². The van der Waals surface area contributed by atoms with Crippen molar-refractivity contribution in [3.63, 3.8) is 0 Å². The molecule has 0 saturated carbocycles. The molecule has 10 heteroatoms. The molecule has 0 atom stereocenters. The highest BCUT2D eigenvalue weighted by Gasteiger charge is 2.15. The first-order chi connectivity index (χ1) is 8.56. The first kappa shape index (κ1) is 12.0. The Bertz CT molecular complexity index is 578. The highest BCUT2D eigenvalue weighted by Crippen LogP contribution is 2.17. The number of carboxylic acid groups (broad SMARTS) is 1. The van der Waals surface area contributed by atoms with Crippen LogP contribution < -0.4 is 10.6 Å². The van der Waals surface area contributed by atoms with Gasteiger partial charge in [0.1, 0.15) is 5.69 Å². The summed E-state index contributed by atoms with van der Waals surface area (Å²) in [4.78, 5) is 25.1. The van der Waals surface area contributed by atoms with Crippen LogP contribution in [0.25, 0.3) is 0 Å². The van der Waals surface area contributed by atoms with Crippen molar-refractivity contribution in [2.45, 2.75) is 6.92 Å². The number of carbonyl (C=O) groups is 2. The number of aromatic amines is 1. The predicted molar refractivity (Wildman–Crippen MR) is 62.8 cm³/mol. The topological polar surface area (TPSA) is 133 Å². The van der Waals surface area contributed by atoms with Crippen molar-refractivity contribution in [2.75, 3.05) is 10.6 Å². The number of nitrogens with zero attached hydrogens (tertiary/aromatic N) is 3. The number of anilines is 2. The number of urea groups is 1. The van der Waals surface area contributed by atoms with Gasteiger partial charge in [0.05, 0.1) is 5.69 Å². The molecule has 9 nitrogen and oxygen atoms in total. The third kappa shape index (κ3) is 2.60. The van der Waals surface area contributed by atoms with Crippen molar-refractivity contribution >= 4 is 34.4 Å². The van der Waals surface area contributed by atoms with Crippen molar-refractivity contribution in [3.05, 3.63) is 17.5 Å². The summed E-state index contributed by atoms with van der Waals surface area (Å²) in [5.74, 6) is -1.16. The Morgan fingerprint density at radius 3 is 2.83 bits per heavy atom. The van der Waals surface area contributed by atoms with Gasteiger partial charge in [-0.15, -0.1) is 0 Å². The van der Waals surface area contributed by atoms with Gasteiger partial charge in [-0.25, -0.2) is 9.59 Å². The minimum absolute atomic E-state index is 0.0851. The van der Waals surface area contributed by atoms with E-state index in [2.05, 4.69) is 30.4 Å². The average molecular weight is 268 g/mol. The Labute approximate surface area is 104 Å². The molecule has 0 aromatic carbocycles. The minimum atomic E-state index is -1.16. The molecule has 2 aromatic rings. The third-order valence-electron chi connectivity index (χ3n) is 1.93. The van der Waals surface area contributed by atoms with E-state index in [0.29, 0.717) is 5.69 Å². The molecule has 2 heterocycles. The van der Waals surface area contributed by atoms with Gasteiger partial charge in [-0.2, -0.15) is 0 Å². The van der Waals surface area contributed by atoms with E-state index in [-0.39, 0.29) is 16.5 Å². The van der Waals surface area contributed by atoms with E-state index in [1.54, 1.807) is 6.92 Å². The first-order valence-corrected chi connectivity index (χ1v) is 5.49. The van der Waals surface area contributed by atoms with Crippen LogP contribution in [0.15, 0.2) is 6.07 Å². The van der Waals surface area contributed by atoms with Crippen LogP contribution in [0.5, 0.6) is 0 Å². The molecule has 94 valence electrons. The molecule has 2 amide bonds. The zero-order valence-electron chi connectivity index (χ0n) is 9.09. The zero-order valence-corrected chi connectivity index (χ0v) is 9.91. The molecule has 0 spiro atoms. The summed E-state index contributed by atoms with van der Waals surface area (Å²) in [7, 11) is 0. The maximum atomic E-state index is 11.5. The minimum Gasteiger partial charge on any atom is -0.477 e. The maximum absolute atomic E-state index is 11.5. The molecule has 0 bridgehead atoms. The van der Waals surface area contributed by atoms with Crippen LogP contribution in [0.1, 0.15) is 16.2 Å². The standard InChI is InChI=1S/C8H8N6O3S/c1-3-2-4(5(9-3)6(15)16)10-7(17)11-8-12-13-14-18-8/h2,9H,1H3,(H,15,16)(H2,10,11,12,14,17). The Morgan fingerprint density at radius 2 is 2.22 bits per heavy atom. The fourth-order valence-electron chi connectivity index (χ4n) is 1.29. The van der Waals surface area contributed by atoms with Crippen LogP contribution in [-0.2, 0) is 0 Å². The van der Waals surface area contributed by atoms with Gasteiger partial charge in [0.2, 0.25) is 5.13 Å². The number of rotatable bonds is 3. The number of aryl methyl sites for hydroxylation is 1. The number of nitrogens with one attached hydrogen (secondary N) is 3. The largest absolute Gasteiger partial charge is 0.477 e. The summed E-state index contributed by atoms with van der Waals surface area (Å²) in [5.41, 5.74) is 0.716. The normalized spacial score (nSPS) is 10.1. The second-order valence-electron chi connectivity index (χ2n) is 3.29. The van der Waals surface area contributed by atoms with Crippen molar-refractivity contribution in [3.8, 4) is 0 Å². The highest BCUT2D eigenvalue weighted by atomic mass is 32.1. The smallest absolute Gasteiger partial charge is 0.354 e. The van der Waals surface area contributed by atoms with Gasteiger partial charge in [-0.05, 0) is 18.2 Å². The second kappa shape index (κ2) is 4.79. The van der Waals surface area contributed by atoms with Crippen LogP contribution >= 0.6 is 11.5 Å². The van der Waals surface area contributed by atoms with Crippen LogP contribution in [0.3, 0.4) is 0 Å². The Morgan fingerprint density at radius 1 is 1.44 bits per heavy atom. The van der Waals surface area contributed by atoms with E-state index in [1.165, 1.54) is 6.07 Å². The molecule has 0 fully saturated rings. The Balaban J connectivity index is 2.09. The van der Waals surface area contributed by atoms with Gasteiger partial charge in [0.15, 0.2) is 0 Å². The molecule has 0 radical (unpaired) electrons. The second-order valence-corrected chi connectivity index (χ2v) is 4.03. The number of amides is 2. The average Bonchev–Trinajstić information content (AvgIpc) is 2.88. The van der Waals surface area contributed by atoms with Crippen LogP contribution in [0.2, 0.25) is 0 Å². The quantitative estimate of drug-likeness (QED) is 0.654. The summed E-state index contributed by atoms with van der Waals surface area (Å²) >= 11 is 0.909. The van der Waals surface area contributed by atoms with Crippen molar-refractivity contribution in [2.24, 2.45) is 0 Å². The van der Waals surface area contributed by atoms with E-state index in [1.807, 2.05) is 0 Å². The summed E-state index contributed by atoms with van der Waals surface area (Å²) < 4.78 is 3.47. The summed E-state index contributed by atoms with van der Waals surface area (Å²) in [6.45, 7) is 1.68. The third-order valence-corrected chi connectivity index (χ3v) is 2.45. The van der Waals surface area contributed by atoms with Gasteiger partial charge < -0.3 is 15.4 Å². The number of H-pyrrole nitrogens is 1. The fourth-order valence-corrected chi connectivity index (χ4v) is 1.65. The van der Waals surface area contributed by atoms with Gasteiger partial charge in [-0.3, -0.25) is 5.32 Å². The molecule has 0 aliphatic carbocycles. The number of carboxylic acids is 1. The molecular weight excluding hydrogens is 260 g/mol. The summed E-state index contributed by atoms with van der Waals surface area (Å²) in [5, 5.41) is 20.7. The lowest BCUT2D eigenvalue weighted by Gasteiger charge is -2.03. The summed E-state index contributed by atoms with van der Waals surface area (Å²) in [6.07, 6.45) is 0. The molecule has 4 N–H and O–H groups in total. The number of hydrogen-bond donors (Lipinski definition) is 4. The molecule has 0 aliphatic heterocycles. The lowest BCUT2D eigenvalue weighted by atomic mass is 10.3. The molecule has 0 saturated heterocycles. The molecule has 0 unspecified atom stereocenters. The first-order valence-electron chi connectivity index (χ1n) is 4.72. The highest BCUT2D eigenvalue weighted by molar-refractivity contribution is 7.09. The van der Waals surface area contributed by atoms with Crippen LogP contribution in [0.4, 0.5) is 15.6 Å². The van der Waals surface area contributed by atoms with Gasteiger partial charge in [-0.1, -0.05) is 9.59 Å². The molecule has 0 aliphatic rings. The zero-order chi connectivity index (χ0) is 13.1. The molecule has 2 aromatic heterocycles. The van der Waals surface area contributed by atoms with E-state index in [9.17, 15) is 9.59 Å². The fraction of sp³-hybridized carbons (Fsp3) is 0.125. The van der Waals surface area contributed by atoms with Crippen molar-refractivity contribution in [1.82, 2.24) is 19.8 Å². The number of aromatic nitrogens is 4. The van der Waals surface area contributed by atoms with Gasteiger partial charge in [0.25, 0.3) is 0 Å². The van der Waals surface area contributed by atoms with E-state index in [0.717, 1.165) is 11.5 Å². The van der Waals surface area contributed by atoms with Crippen molar-refractivity contribution < 1.29 is 14.7 Å². The predicted octanol–water partition coefficient (Wildman–Crippen LogP) is 0.912. The number of hydrogen-bond acceptors (Lipinski definition) is 6. The Hall–Kier alpha value is -2.49. The SMILES string of the molecule is Cc1cc(NC(=O)Nc2nnns2)c(C(=O)O)[nH]1. The van der Waals surface area contributed by atoms with Crippen LogP contribution in [0, 0.1) is 6.92 Å². The van der Waals surface area contributed by atoms with Crippen molar-refractivity contribution in [1.29, 1.82) is 0 Å².